The monoisotopic (exact) mass is 584 g/mol. The Morgan fingerprint density at radius 3 is 2.39 bits per heavy atom. The Kier molecular flexibility index (Phi) is 10.4. The van der Waals surface area contributed by atoms with Crippen LogP contribution < -0.4 is 10.1 Å². The van der Waals surface area contributed by atoms with Gasteiger partial charge in [0.05, 0.1) is 36.8 Å². The molecule has 1 fully saturated rings. The Labute approximate surface area is 240 Å². The summed E-state index contributed by atoms with van der Waals surface area (Å²) in [6.45, 7) is 2.04. The number of benzene rings is 3. The van der Waals surface area contributed by atoms with Crippen molar-refractivity contribution in [3.63, 3.8) is 0 Å². The number of amides is 1. The Bertz CT molecular complexity index is 1390. The number of carbonyl (C=O) groups is 1. The average molecular weight is 585 g/mol. The molecule has 2 atom stereocenters. The molecule has 0 aliphatic carbocycles. The lowest BCUT2D eigenvalue weighted by Crippen LogP contribution is -2.51. The number of nitrogens with zero attached hydrogens (tertiary/aromatic N) is 1. The molecule has 1 aliphatic rings. The third kappa shape index (κ3) is 7.84. The van der Waals surface area contributed by atoms with Crippen molar-refractivity contribution in [3.8, 4) is 11.5 Å². The molecule has 1 amide bonds. The van der Waals surface area contributed by atoms with Crippen molar-refractivity contribution in [2.24, 2.45) is 0 Å². The first-order chi connectivity index (χ1) is 19.7. The molecule has 4 rings (SSSR count). The fourth-order valence-electron chi connectivity index (χ4n) is 4.56. The van der Waals surface area contributed by atoms with Gasteiger partial charge in [-0.15, -0.1) is 0 Å². The lowest BCUT2D eigenvalue weighted by atomic mass is 10.00. The van der Waals surface area contributed by atoms with Crippen LogP contribution >= 0.6 is 0 Å². The van der Waals surface area contributed by atoms with Gasteiger partial charge < -0.3 is 25.0 Å². The molecular formula is C30H36N2O8S. The molecule has 3 N–H and O–H groups in total. The molecule has 1 aliphatic heterocycles. The Hall–Kier alpha value is -3.48. The predicted molar refractivity (Wildman–Crippen MR) is 152 cm³/mol. The molecular weight excluding hydrogens is 548 g/mol. The van der Waals surface area contributed by atoms with Gasteiger partial charge in [0.15, 0.2) is 0 Å². The minimum Gasteiger partial charge on any atom is -0.508 e. The highest BCUT2D eigenvalue weighted by atomic mass is 32.2. The molecule has 0 radical (unpaired) electrons. The van der Waals surface area contributed by atoms with Gasteiger partial charge in [0.25, 0.3) is 15.9 Å². The average Bonchev–Trinajstić information content (AvgIpc) is 2.98. The Balaban J connectivity index is 1.62. The number of methoxy groups -OCH3 is 1. The van der Waals surface area contributed by atoms with E-state index in [4.69, 9.17) is 14.3 Å². The molecule has 10 nitrogen and oxygen atoms in total. The zero-order valence-electron chi connectivity index (χ0n) is 23.1. The van der Waals surface area contributed by atoms with E-state index in [2.05, 4.69) is 5.32 Å². The summed E-state index contributed by atoms with van der Waals surface area (Å²) in [5.74, 6) is -0.0403. The first kappa shape index (κ1) is 30.5. The number of rotatable bonds is 12. The standard InChI is InChI=1S/C30H36N2O8S/c1-21-26(9-6-10-28(21)33)30(35)31-27(19-22-7-4-3-5-8-22)29(34)20-32(40-24-15-17-39-18-16-24)41(36,37)25-13-11-23(38-2)12-14-25/h3-14,24,27,29,33-34H,15-20H2,1-2H3,(H,31,35)/t27-,29?/m0/s1. The lowest BCUT2D eigenvalue weighted by molar-refractivity contribution is -0.170. The SMILES string of the molecule is COc1ccc(S(=O)(=O)N(CC(O)[C@H](Cc2ccccc2)NC(=O)c2cccc(O)c2C)OC2CCOCC2)cc1. The minimum atomic E-state index is -4.21. The number of ether oxygens (including phenoxy) is 2. The van der Waals surface area contributed by atoms with Crippen molar-refractivity contribution in [1.82, 2.24) is 9.79 Å². The maximum absolute atomic E-state index is 13.8. The number of aliphatic hydroxyl groups is 1. The van der Waals surface area contributed by atoms with Crippen molar-refractivity contribution < 1.29 is 37.7 Å². The number of hydrogen-bond acceptors (Lipinski definition) is 8. The van der Waals surface area contributed by atoms with Crippen molar-refractivity contribution in [2.45, 2.75) is 49.3 Å². The van der Waals surface area contributed by atoms with Gasteiger partial charge in [0.1, 0.15) is 11.5 Å². The third-order valence-electron chi connectivity index (χ3n) is 7.03. The minimum absolute atomic E-state index is 0.0283. The van der Waals surface area contributed by atoms with E-state index in [9.17, 15) is 23.4 Å². The van der Waals surface area contributed by atoms with Crippen molar-refractivity contribution in [3.05, 3.63) is 89.5 Å². The molecule has 1 heterocycles. The van der Waals surface area contributed by atoms with Crippen LogP contribution in [0, 0.1) is 6.92 Å². The van der Waals surface area contributed by atoms with Crippen LogP contribution in [-0.4, -0.2) is 74.1 Å². The molecule has 0 spiro atoms. The zero-order chi connectivity index (χ0) is 29.4. The van der Waals surface area contributed by atoms with Gasteiger partial charge in [-0.3, -0.25) is 9.63 Å². The van der Waals surface area contributed by atoms with Crippen molar-refractivity contribution >= 4 is 15.9 Å². The van der Waals surface area contributed by atoms with E-state index < -0.39 is 40.7 Å². The number of hydroxylamine groups is 1. The second-order valence-electron chi connectivity index (χ2n) is 9.87. The van der Waals surface area contributed by atoms with Gasteiger partial charge in [-0.25, -0.2) is 8.42 Å². The van der Waals surface area contributed by atoms with Crippen molar-refractivity contribution in [2.75, 3.05) is 26.9 Å². The fourth-order valence-corrected chi connectivity index (χ4v) is 5.86. The highest BCUT2D eigenvalue weighted by molar-refractivity contribution is 7.89. The fraction of sp³-hybridized carbons (Fsp3) is 0.367. The van der Waals surface area contributed by atoms with Crippen LogP contribution in [-0.2, 0) is 26.0 Å². The van der Waals surface area contributed by atoms with E-state index >= 15 is 0 Å². The number of sulfonamides is 1. The molecule has 11 heteroatoms. The number of hydrogen-bond donors (Lipinski definition) is 3. The number of phenolic OH excluding ortho intramolecular Hbond substituents is 1. The van der Waals surface area contributed by atoms with Crippen LogP contribution in [0.4, 0.5) is 0 Å². The summed E-state index contributed by atoms with van der Waals surface area (Å²) in [5.41, 5.74) is 1.47. The van der Waals surface area contributed by atoms with Crippen LogP contribution in [0.2, 0.25) is 0 Å². The summed E-state index contributed by atoms with van der Waals surface area (Å²) in [6.07, 6.45) is -0.581. The molecule has 0 aromatic heterocycles. The summed E-state index contributed by atoms with van der Waals surface area (Å²) in [5, 5.41) is 24.4. The van der Waals surface area contributed by atoms with E-state index in [0.29, 0.717) is 37.4 Å². The van der Waals surface area contributed by atoms with Crippen LogP contribution in [0.1, 0.15) is 34.3 Å². The summed E-state index contributed by atoms with van der Waals surface area (Å²) in [4.78, 5) is 19.2. The molecule has 0 saturated carbocycles. The van der Waals surface area contributed by atoms with Crippen LogP contribution in [0.25, 0.3) is 0 Å². The van der Waals surface area contributed by atoms with Gasteiger partial charge in [-0.2, -0.15) is 0 Å². The molecule has 3 aromatic carbocycles. The highest BCUT2D eigenvalue weighted by Gasteiger charge is 2.34. The first-order valence-electron chi connectivity index (χ1n) is 13.4. The molecule has 3 aromatic rings. The van der Waals surface area contributed by atoms with Crippen molar-refractivity contribution in [1.29, 1.82) is 0 Å². The predicted octanol–water partition coefficient (Wildman–Crippen LogP) is 3.21. The maximum atomic E-state index is 13.8. The van der Waals surface area contributed by atoms with Gasteiger partial charge in [-0.1, -0.05) is 40.9 Å². The number of aromatic hydroxyl groups is 1. The zero-order valence-corrected chi connectivity index (χ0v) is 23.9. The van der Waals surface area contributed by atoms with Gasteiger partial charge in [0.2, 0.25) is 0 Å². The molecule has 220 valence electrons. The number of phenols is 1. The van der Waals surface area contributed by atoms with Crippen LogP contribution in [0.5, 0.6) is 11.5 Å². The molecule has 41 heavy (non-hydrogen) atoms. The molecule has 0 bridgehead atoms. The second kappa shape index (κ2) is 13.9. The molecule has 1 unspecified atom stereocenters. The highest BCUT2D eigenvalue weighted by Crippen LogP contribution is 2.24. The van der Waals surface area contributed by atoms with Crippen LogP contribution in [0.15, 0.2) is 77.7 Å². The van der Waals surface area contributed by atoms with E-state index in [1.807, 2.05) is 30.3 Å². The maximum Gasteiger partial charge on any atom is 0.265 e. The quantitative estimate of drug-likeness (QED) is 0.276. The normalized spacial score (nSPS) is 15.8. The number of nitrogens with one attached hydrogen (secondary N) is 1. The Morgan fingerprint density at radius 1 is 1.05 bits per heavy atom. The van der Waals surface area contributed by atoms with Crippen LogP contribution in [0.3, 0.4) is 0 Å². The largest absolute Gasteiger partial charge is 0.508 e. The van der Waals surface area contributed by atoms with E-state index in [0.717, 1.165) is 10.0 Å². The smallest absolute Gasteiger partial charge is 0.265 e. The van der Waals surface area contributed by atoms with E-state index in [1.165, 1.54) is 37.4 Å². The van der Waals surface area contributed by atoms with Gasteiger partial charge >= 0.3 is 0 Å². The summed E-state index contributed by atoms with van der Waals surface area (Å²) in [6, 6.07) is 18.9. The third-order valence-corrected chi connectivity index (χ3v) is 8.66. The number of aliphatic hydroxyl groups excluding tert-OH is 1. The summed E-state index contributed by atoms with van der Waals surface area (Å²) < 4.78 is 38.9. The lowest BCUT2D eigenvalue weighted by Gasteiger charge is -2.32. The summed E-state index contributed by atoms with van der Waals surface area (Å²) >= 11 is 0. The number of carbonyl (C=O) groups excluding carboxylic acids is 1. The first-order valence-corrected chi connectivity index (χ1v) is 14.9. The summed E-state index contributed by atoms with van der Waals surface area (Å²) in [7, 11) is -2.72. The van der Waals surface area contributed by atoms with Gasteiger partial charge in [-0.05, 0) is 68.1 Å². The second-order valence-corrected chi connectivity index (χ2v) is 11.7. The molecule has 1 saturated heterocycles. The van der Waals surface area contributed by atoms with E-state index in [1.54, 1.807) is 19.1 Å². The van der Waals surface area contributed by atoms with E-state index in [-0.39, 0.29) is 22.6 Å². The topological polar surface area (TPSA) is 135 Å². The Morgan fingerprint density at radius 2 is 1.73 bits per heavy atom. The van der Waals surface area contributed by atoms with Gasteiger partial charge in [0, 0.05) is 24.3 Å².